The first kappa shape index (κ1) is 13.4. The molecule has 0 amide bonds. The highest BCUT2D eigenvalue weighted by molar-refractivity contribution is 5.79. The molecule has 0 aliphatic heterocycles. The number of para-hydroxylation sites is 1. The number of aromatic nitrogens is 1. The van der Waals surface area contributed by atoms with E-state index in [4.69, 9.17) is 4.74 Å². The van der Waals surface area contributed by atoms with E-state index in [1.54, 1.807) is 0 Å². The van der Waals surface area contributed by atoms with Crippen molar-refractivity contribution in [1.29, 1.82) is 0 Å². The van der Waals surface area contributed by atoms with E-state index in [-0.39, 0.29) is 6.10 Å². The highest BCUT2D eigenvalue weighted by atomic mass is 16.5. The van der Waals surface area contributed by atoms with Crippen molar-refractivity contribution >= 4 is 10.9 Å². The molecule has 20 heavy (non-hydrogen) atoms. The molecule has 3 heteroatoms. The molecule has 3 nitrogen and oxygen atoms in total. The molecular weight excluding hydrogens is 248 g/mol. The van der Waals surface area contributed by atoms with Crippen molar-refractivity contribution in [3.8, 4) is 5.75 Å². The van der Waals surface area contributed by atoms with Gasteiger partial charge in [-0.15, -0.1) is 0 Å². The fraction of sp³-hybridized carbons (Fsp3) is 0.471. The fourth-order valence-corrected chi connectivity index (χ4v) is 2.27. The number of rotatable bonds is 6. The molecule has 1 N–H and O–H groups in total. The monoisotopic (exact) mass is 270 g/mol. The van der Waals surface area contributed by atoms with E-state index in [1.165, 1.54) is 12.8 Å². The molecule has 1 heterocycles. The van der Waals surface area contributed by atoms with E-state index in [9.17, 15) is 0 Å². The summed E-state index contributed by atoms with van der Waals surface area (Å²) in [7, 11) is 0. The van der Waals surface area contributed by atoms with Crippen LogP contribution in [0.3, 0.4) is 0 Å². The summed E-state index contributed by atoms with van der Waals surface area (Å²) in [6.07, 6.45) is 4.64. The van der Waals surface area contributed by atoms with Gasteiger partial charge in [0.15, 0.2) is 0 Å². The van der Waals surface area contributed by atoms with Crippen LogP contribution in [0.25, 0.3) is 10.9 Å². The molecule has 1 aromatic carbocycles. The van der Waals surface area contributed by atoms with Gasteiger partial charge in [-0.05, 0) is 30.9 Å². The minimum Gasteiger partial charge on any atom is -0.487 e. The van der Waals surface area contributed by atoms with Crippen LogP contribution in [0.15, 0.2) is 36.5 Å². The van der Waals surface area contributed by atoms with Gasteiger partial charge in [0, 0.05) is 18.0 Å². The molecule has 1 atom stereocenters. The van der Waals surface area contributed by atoms with E-state index in [1.807, 2.05) is 24.4 Å². The number of pyridine rings is 1. The summed E-state index contributed by atoms with van der Waals surface area (Å²) in [5.41, 5.74) is 1.01. The standard InChI is InChI=1S/C17H22N2O/c1-12(2)17(11-18-14-7-8-14)20-15-9-13-5-3-4-6-16(13)19-10-15/h3-6,9-10,12,14,17-18H,7-8,11H2,1-2H3. The lowest BCUT2D eigenvalue weighted by molar-refractivity contribution is 0.148. The van der Waals surface area contributed by atoms with E-state index in [0.29, 0.717) is 5.92 Å². The molecule has 1 saturated carbocycles. The molecular formula is C17H22N2O. The first-order valence-electron chi connectivity index (χ1n) is 7.47. The third-order valence-corrected chi connectivity index (χ3v) is 3.78. The number of nitrogens with zero attached hydrogens (tertiary/aromatic N) is 1. The van der Waals surface area contributed by atoms with Gasteiger partial charge in [0.2, 0.25) is 0 Å². The van der Waals surface area contributed by atoms with E-state index in [0.717, 1.165) is 29.2 Å². The number of nitrogens with one attached hydrogen (secondary N) is 1. The minimum atomic E-state index is 0.193. The maximum Gasteiger partial charge on any atom is 0.138 e. The van der Waals surface area contributed by atoms with Crippen molar-refractivity contribution in [2.45, 2.75) is 38.8 Å². The average molecular weight is 270 g/mol. The number of hydrogen-bond acceptors (Lipinski definition) is 3. The van der Waals surface area contributed by atoms with E-state index in [2.05, 4.69) is 36.3 Å². The molecule has 3 rings (SSSR count). The molecule has 2 aromatic rings. The van der Waals surface area contributed by atoms with Gasteiger partial charge in [-0.25, -0.2) is 0 Å². The lowest BCUT2D eigenvalue weighted by Gasteiger charge is -2.23. The van der Waals surface area contributed by atoms with Crippen LogP contribution in [-0.4, -0.2) is 23.7 Å². The molecule has 1 aliphatic rings. The van der Waals surface area contributed by atoms with Crippen LogP contribution >= 0.6 is 0 Å². The molecule has 1 fully saturated rings. The largest absolute Gasteiger partial charge is 0.487 e. The Morgan fingerprint density at radius 2 is 2.10 bits per heavy atom. The Balaban J connectivity index is 1.71. The van der Waals surface area contributed by atoms with Crippen LogP contribution < -0.4 is 10.1 Å². The first-order chi connectivity index (χ1) is 9.72. The van der Waals surface area contributed by atoms with Gasteiger partial charge in [-0.2, -0.15) is 0 Å². The van der Waals surface area contributed by atoms with Crippen molar-refractivity contribution in [2.24, 2.45) is 5.92 Å². The second kappa shape index (κ2) is 5.80. The minimum absolute atomic E-state index is 0.193. The van der Waals surface area contributed by atoms with Gasteiger partial charge in [0.1, 0.15) is 11.9 Å². The summed E-state index contributed by atoms with van der Waals surface area (Å²) in [5.74, 6) is 1.34. The molecule has 1 unspecified atom stereocenters. The summed E-state index contributed by atoms with van der Waals surface area (Å²) < 4.78 is 6.14. The van der Waals surface area contributed by atoms with Crippen LogP contribution in [-0.2, 0) is 0 Å². The molecule has 1 aliphatic carbocycles. The zero-order valence-electron chi connectivity index (χ0n) is 12.2. The Hall–Kier alpha value is -1.61. The Labute approximate surface area is 120 Å². The van der Waals surface area contributed by atoms with E-state index < -0.39 is 0 Å². The zero-order chi connectivity index (χ0) is 13.9. The third-order valence-electron chi connectivity index (χ3n) is 3.78. The second-order valence-corrected chi connectivity index (χ2v) is 5.95. The lowest BCUT2D eigenvalue weighted by atomic mass is 10.1. The van der Waals surface area contributed by atoms with Crippen molar-refractivity contribution in [2.75, 3.05) is 6.54 Å². The molecule has 0 spiro atoms. The van der Waals surface area contributed by atoms with E-state index >= 15 is 0 Å². The molecule has 0 saturated heterocycles. The van der Waals surface area contributed by atoms with Gasteiger partial charge >= 0.3 is 0 Å². The molecule has 0 bridgehead atoms. The van der Waals surface area contributed by atoms with Crippen LogP contribution in [0.1, 0.15) is 26.7 Å². The summed E-state index contributed by atoms with van der Waals surface area (Å²) in [6, 6.07) is 10.9. The predicted molar refractivity (Wildman–Crippen MR) is 82.0 cm³/mol. The van der Waals surface area contributed by atoms with Gasteiger partial charge in [0.25, 0.3) is 0 Å². The number of ether oxygens (including phenoxy) is 1. The third kappa shape index (κ3) is 3.28. The Morgan fingerprint density at radius 1 is 1.30 bits per heavy atom. The predicted octanol–water partition coefficient (Wildman–Crippen LogP) is 3.39. The van der Waals surface area contributed by atoms with Gasteiger partial charge in [-0.1, -0.05) is 32.0 Å². The topological polar surface area (TPSA) is 34.1 Å². The smallest absolute Gasteiger partial charge is 0.138 e. The van der Waals surface area contributed by atoms with Crippen LogP contribution in [0, 0.1) is 5.92 Å². The van der Waals surface area contributed by atoms with Crippen LogP contribution in [0.4, 0.5) is 0 Å². The highest BCUT2D eigenvalue weighted by Crippen LogP contribution is 2.22. The quantitative estimate of drug-likeness (QED) is 0.873. The van der Waals surface area contributed by atoms with Crippen LogP contribution in [0.5, 0.6) is 5.75 Å². The number of benzene rings is 1. The van der Waals surface area contributed by atoms with Gasteiger partial charge in [-0.3, -0.25) is 4.98 Å². The van der Waals surface area contributed by atoms with Gasteiger partial charge < -0.3 is 10.1 Å². The Bertz CT molecular complexity index is 578. The Kier molecular flexibility index (Phi) is 3.88. The lowest BCUT2D eigenvalue weighted by Crippen LogP contribution is -2.36. The SMILES string of the molecule is CC(C)C(CNC1CC1)Oc1cnc2ccccc2c1. The molecule has 0 radical (unpaired) electrons. The summed E-state index contributed by atoms with van der Waals surface area (Å²) in [6.45, 7) is 5.32. The fourth-order valence-electron chi connectivity index (χ4n) is 2.27. The Morgan fingerprint density at radius 3 is 2.85 bits per heavy atom. The normalized spacial score (nSPS) is 16.6. The van der Waals surface area contributed by atoms with Crippen molar-refractivity contribution < 1.29 is 4.74 Å². The summed E-state index contributed by atoms with van der Waals surface area (Å²) in [4.78, 5) is 4.46. The average Bonchev–Trinajstić information content (AvgIpc) is 3.27. The zero-order valence-corrected chi connectivity index (χ0v) is 12.2. The van der Waals surface area contributed by atoms with Crippen LogP contribution in [0.2, 0.25) is 0 Å². The van der Waals surface area contributed by atoms with Crippen molar-refractivity contribution in [1.82, 2.24) is 10.3 Å². The number of hydrogen-bond donors (Lipinski definition) is 1. The summed E-state index contributed by atoms with van der Waals surface area (Å²) in [5, 5.41) is 4.68. The second-order valence-electron chi connectivity index (χ2n) is 5.95. The maximum atomic E-state index is 6.14. The number of fused-ring (bicyclic) bond motifs is 1. The molecule has 106 valence electrons. The molecule has 1 aromatic heterocycles. The summed E-state index contributed by atoms with van der Waals surface area (Å²) >= 11 is 0. The highest BCUT2D eigenvalue weighted by Gasteiger charge is 2.23. The van der Waals surface area contributed by atoms with Crippen molar-refractivity contribution in [3.05, 3.63) is 36.5 Å². The maximum absolute atomic E-state index is 6.14. The van der Waals surface area contributed by atoms with Gasteiger partial charge in [0.05, 0.1) is 11.7 Å². The van der Waals surface area contributed by atoms with Crippen molar-refractivity contribution in [3.63, 3.8) is 0 Å². The first-order valence-corrected chi connectivity index (χ1v) is 7.47.